The lowest BCUT2D eigenvalue weighted by Gasteiger charge is -2.09. The van der Waals surface area contributed by atoms with Gasteiger partial charge in [-0.05, 0) is 49.2 Å². The smallest absolute Gasteiger partial charge is 0.311 e. The molecule has 0 spiro atoms. The van der Waals surface area contributed by atoms with Crippen LogP contribution in [-0.4, -0.2) is 45.7 Å². The van der Waals surface area contributed by atoms with Gasteiger partial charge in [-0.25, -0.2) is 9.36 Å². The third-order valence-corrected chi connectivity index (χ3v) is 5.41. The summed E-state index contributed by atoms with van der Waals surface area (Å²) in [6.45, 7) is 0. The van der Waals surface area contributed by atoms with Crippen molar-refractivity contribution in [2.45, 2.75) is 25.7 Å². The normalized spacial score (nSPS) is 10.8. The molecule has 4 aromatic rings. The van der Waals surface area contributed by atoms with Crippen LogP contribution in [0.3, 0.4) is 0 Å². The first-order valence-electron chi connectivity index (χ1n) is 11.0. The van der Waals surface area contributed by atoms with Crippen LogP contribution in [0.25, 0.3) is 11.4 Å². The van der Waals surface area contributed by atoms with Gasteiger partial charge in [-0.2, -0.15) is 10.2 Å². The van der Waals surface area contributed by atoms with Crippen LogP contribution in [-0.2, 0) is 44.7 Å². The summed E-state index contributed by atoms with van der Waals surface area (Å²) in [6.07, 6.45) is 1.52. The second-order valence-corrected chi connectivity index (χ2v) is 7.75. The lowest BCUT2D eigenvalue weighted by Crippen LogP contribution is -2.08. The molecule has 0 N–H and O–H groups in total. The molecule has 2 aromatic carbocycles. The number of carbonyl (C=O) groups is 2. The Balaban J connectivity index is 1.64. The van der Waals surface area contributed by atoms with Crippen molar-refractivity contribution in [2.75, 3.05) is 14.2 Å². The number of para-hydroxylation sites is 2. The van der Waals surface area contributed by atoms with Crippen LogP contribution in [0.2, 0.25) is 0 Å². The van der Waals surface area contributed by atoms with Crippen LogP contribution in [0.5, 0.6) is 0 Å². The third-order valence-electron chi connectivity index (χ3n) is 5.41. The summed E-state index contributed by atoms with van der Waals surface area (Å²) in [5, 5.41) is 9.30. The Hall–Kier alpha value is -4.20. The summed E-state index contributed by atoms with van der Waals surface area (Å²) in [6, 6.07) is 23.4. The zero-order chi connectivity index (χ0) is 23.9. The molecule has 0 unspecified atom stereocenters. The SMILES string of the molecule is COC(=O)Cc1cc(CCc2cc(CC(=O)OC)nn2-c2ccccc2)n(-c2ccccc2)n1. The number of hydrogen-bond acceptors (Lipinski definition) is 6. The quantitative estimate of drug-likeness (QED) is 0.358. The van der Waals surface area contributed by atoms with E-state index < -0.39 is 0 Å². The third kappa shape index (κ3) is 5.40. The number of nitrogens with zero attached hydrogens (tertiary/aromatic N) is 4. The van der Waals surface area contributed by atoms with Crippen LogP contribution in [0, 0.1) is 0 Å². The fourth-order valence-corrected chi connectivity index (χ4v) is 3.76. The van der Waals surface area contributed by atoms with Crippen LogP contribution in [0.4, 0.5) is 0 Å². The lowest BCUT2D eigenvalue weighted by atomic mass is 10.1. The van der Waals surface area contributed by atoms with Gasteiger partial charge in [0.25, 0.3) is 0 Å². The highest BCUT2D eigenvalue weighted by atomic mass is 16.5. The predicted molar refractivity (Wildman–Crippen MR) is 126 cm³/mol. The molecular formula is C26H26N4O4. The van der Waals surface area contributed by atoms with Crippen molar-refractivity contribution < 1.29 is 19.1 Å². The molecule has 0 atom stereocenters. The summed E-state index contributed by atoms with van der Waals surface area (Å²) < 4.78 is 13.3. The molecule has 2 aromatic heterocycles. The molecule has 8 nitrogen and oxygen atoms in total. The second kappa shape index (κ2) is 10.6. The number of hydrogen-bond donors (Lipinski definition) is 0. The van der Waals surface area contributed by atoms with Crippen molar-refractivity contribution in [3.63, 3.8) is 0 Å². The number of benzene rings is 2. The minimum absolute atomic E-state index is 0.106. The number of methoxy groups -OCH3 is 2. The van der Waals surface area contributed by atoms with E-state index in [0.29, 0.717) is 24.2 Å². The first kappa shape index (κ1) is 23.0. The van der Waals surface area contributed by atoms with Gasteiger partial charge in [0.2, 0.25) is 0 Å². The largest absolute Gasteiger partial charge is 0.469 e. The van der Waals surface area contributed by atoms with Gasteiger partial charge in [0.15, 0.2) is 0 Å². The van der Waals surface area contributed by atoms with Gasteiger partial charge in [0.05, 0.1) is 49.8 Å². The molecule has 0 aliphatic rings. The van der Waals surface area contributed by atoms with Gasteiger partial charge < -0.3 is 9.47 Å². The summed E-state index contributed by atoms with van der Waals surface area (Å²) in [7, 11) is 2.74. The van der Waals surface area contributed by atoms with Gasteiger partial charge in [-0.15, -0.1) is 0 Å². The average molecular weight is 459 g/mol. The summed E-state index contributed by atoms with van der Waals surface area (Å²) in [5.41, 5.74) is 5.04. The number of carbonyl (C=O) groups excluding carboxylic acids is 2. The van der Waals surface area contributed by atoms with Gasteiger partial charge in [-0.3, -0.25) is 9.59 Å². The maximum absolute atomic E-state index is 11.8. The number of ether oxygens (including phenoxy) is 2. The Morgan fingerprint density at radius 1 is 0.676 bits per heavy atom. The van der Waals surface area contributed by atoms with Crippen molar-refractivity contribution >= 4 is 11.9 Å². The first-order valence-corrected chi connectivity index (χ1v) is 11.0. The molecule has 4 rings (SSSR count). The Morgan fingerprint density at radius 2 is 1.06 bits per heavy atom. The van der Waals surface area contributed by atoms with E-state index >= 15 is 0 Å². The number of aryl methyl sites for hydroxylation is 2. The van der Waals surface area contributed by atoms with E-state index in [1.807, 2.05) is 82.2 Å². The fourth-order valence-electron chi connectivity index (χ4n) is 3.76. The second-order valence-electron chi connectivity index (χ2n) is 7.75. The topological polar surface area (TPSA) is 88.2 Å². The van der Waals surface area contributed by atoms with Crippen LogP contribution < -0.4 is 0 Å². The molecule has 0 aliphatic carbocycles. The molecule has 174 valence electrons. The van der Waals surface area contributed by atoms with Gasteiger partial charge >= 0.3 is 11.9 Å². The van der Waals surface area contributed by atoms with Gasteiger partial charge in [0, 0.05) is 11.4 Å². The van der Waals surface area contributed by atoms with E-state index in [-0.39, 0.29) is 24.8 Å². The molecule has 8 heteroatoms. The average Bonchev–Trinajstić information content (AvgIpc) is 3.47. The maximum Gasteiger partial charge on any atom is 0.311 e. The number of aromatic nitrogens is 4. The monoisotopic (exact) mass is 458 g/mol. The maximum atomic E-state index is 11.8. The lowest BCUT2D eigenvalue weighted by molar-refractivity contribution is -0.140. The molecule has 0 saturated heterocycles. The summed E-state index contributed by atoms with van der Waals surface area (Å²) in [5.74, 6) is -0.669. The highest BCUT2D eigenvalue weighted by Gasteiger charge is 2.16. The van der Waals surface area contributed by atoms with Crippen molar-refractivity contribution in [1.29, 1.82) is 0 Å². The number of esters is 2. The molecular weight excluding hydrogens is 432 g/mol. The highest BCUT2D eigenvalue weighted by molar-refractivity contribution is 5.72. The van der Waals surface area contributed by atoms with Crippen LogP contribution in [0.15, 0.2) is 72.8 Å². The molecule has 0 radical (unpaired) electrons. The van der Waals surface area contributed by atoms with E-state index in [2.05, 4.69) is 10.2 Å². The van der Waals surface area contributed by atoms with E-state index in [1.54, 1.807) is 0 Å². The zero-order valence-electron chi connectivity index (χ0n) is 19.2. The van der Waals surface area contributed by atoms with E-state index in [1.165, 1.54) is 14.2 Å². The standard InChI is InChI=1S/C26H26N4O4/c1-33-25(31)17-19-15-23(29(27-19)21-9-5-3-6-10-21)13-14-24-16-20(18-26(32)34-2)28-30(24)22-11-7-4-8-12-22/h3-12,15-16H,13-14,17-18H2,1-2H3. The van der Waals surface area contributed by atoms with Crippen molar-refractivity contribution in [3.8, 4) is 11.4 Å². The summed E-state index contributed by atoms with van der Waals surface area (Å²) in [4.78, 5) is 23.6. The van der Waals surface area contributed by atoms with E-state index in [4.69, 9.17) is 9.47 Å². The number of rotatable bonds is 9. The molecule has 0 saturated carbocycles. The predicted octanol–water partition coefficient (Wildman–Crippen LogP) is 3.27. The summed E-state index contributed by atoms with van der Waals surface area (Å²) >= 11 is 0. The fraction of sp³-hybridized carbons (Fsp3) is 0.231. The molecule has 0 aliphatic heterocycles. The van der Waals surface area contributed by atoms with Crippen LogP contribution >= 0.6 is 0 Å². The Kier molecular flexibility index (Phi) is 7.17. The van der Waals surface area contributed by atoms with Crippen molar-refractivity contribution in [3.05, 3.63) is 95.6 Å². The molecule has 2 heterocycles. The van der Waals surface area contributed by atoms with Crippen molar-refractivity contribution in [1.82, 2.24) is 19.6 Å². The zero-order valence-corrected chi connectivity index (χ0v) is 19.2. The Bertz CT molecular complexity index is 1160. The van der Waals surface area contributed by atoms with Crippen LogP contribution in [0.1, 0.15) is 22.8 Å². The van der Waals surface area contributed by atoms with Gasteiger partial charge in [0.1, 0.15) is 0 Å². The van der Waals surface area contributed by atoms with Crippen molar-refractivity contribution in [2.24, 2.45) is 0 Å². The van der Waals surface area contributed by atoms with E-state index in [0.717, 1.165) is 22.8 Å². The Morgan fingerprint density at radius 3 is 1.41 bits per heavy atom. The minimum Gasteiger partial charge on any atom is -0.469 e. The molecule has 0 bridgehead atoms. The molecule has 34 heavy (non-hydrogen) atoms. The molecule has 0 fully saturated rings. The highest BCUT2D eigenvalue weighted by Crippen LogP contribution is 2.19. The van der Waals surface area contributed by atoms with E-state index in [9.17, 15) is 9.59 Å². The minimum atomic E-state index is -0.334. The first-order chi connectivity index (χ1) is 16.6. The molecule has 0 amide bonds. The van der Waals surface area contributed by atoms with Gasteiger partial charge in [-0.1, -0.05) is 36.4 Å². The Labute approximate surface area is 197 Å².